The first-order valence-corrected chi connectivity index (χ1v) is 10.4. The standard InChI is InChI=1S/C24H21FN4O4/c1-31-17-8-9-19(20(14-17)32-2)33-24-26-11-10-18(27-24)22-21(15-4-6-16(25)7-5-15)23(30)29-13-3-12-28(22)29/h4-11,14H,3,12-13H2,1-2H3. The van der Waals surface area contributed by atoms with Gasteiger partial charge < -0.3 is 14.2 Å². The Labute approximate surface area is 188 Å². The summed E-state index contributed by atoms with van der Waals surface area (Å²) in [5, 5.41) is 0. The number of methoxy groups -OCH3 is 2. The summed E-state index contributed by atoms with van der Waals surface area (Å²) in [6, 6.07) is 12.9. The van der Waals surface area contributed by atoms with Crippen LogP contribution >= 0.6 is 0 Å². The van der Waals surface area contributed by atoms with Crippen LogP contribution in [0.4, 0.5) is 4.39 Å². The van der Waals surface area contributed by atoms with Crippen molar-refractivity contribution in [2.45, 2.75) is 19.5 Å². The van der Waals surface area contributed by atoms with Gasteiger partial charge in [-0.25, -0.2) is 14.1 Å². The third-order valence-electron chi connectivity index (χ3n) is 5.56. The van der Waals surface area contributed by atoms with E-state index in [1.807, 2.05) is 4.68 Å². The van der Waals surface area contributed by atoms with Gasteiger partial charge in [-0.05, 0) is 42.3 Å². The number of fused-ring (bicyclic) bond motifs is 1. The molecule has 0 aliphatic carbocycles. The smallest absolute Gasteiger partial charge is 0.322 e. The van der Waals surface area contributed by atoms with Crippen molar-refractivity contribution in [3.05, 3.63) is 70.9 Å². The highest BCUT2D eigenvalue weighted by atomic mass is 19.1. The maximum Gasteiger partial charge on any atom is 0.322 e. The molecule has 5 rings (SSSR count). The van der Waals surface area contributed by atoms with Gasteiger partial charge in [0, 0.05) is 25.4 Å². The molecular formula is C24H21FN4O4. The van der Waals surface area contributed by atoms with Gasteiger partial charge in [0.15, 0.2) is 11.5 Å². The highest BCUT2D eigenvalue weighted by Gasteiger charge is 2.26. The predicted octanol–water partition coefficient (Wildman–Crippen LogP) is 4.13. The SMILES string of the molecule is COc1ccc(Oc2nccc(-c3c(-c4ccc(F)cc4)c(=O)n4n3CCC4)n2)c(OC)c1. The molecular weight excluding hydrogens is 427 g/mol. The molecule has 168 valence electrons. The number of hydrogen-bond acceptors (Lipinski definition) is 6. The largest absolute Gasteiger partial charge is 0.497 e. The quantitative estimate of drug-likeness (QED) is 0.441. The molecule has 33 heavy (non-hydrogen) atoms. The number of nitrogens with zero attached hydrogens (tertiary/aromatic N) is 4. The van der Waals surface area contributed by atoms with Crippen molar-refractivity contribution in [1.82, 2.24) is 19.3 Å². The van der Waals surface area contributed by atoms with Crippen molar-refractivity contribution in [1.29, 1.82) is 0 Å². The maximum atomic E-state index is 13.5. The van der Waals surface area contributed by atoms with E-state index in [4.69, 9.17) is 14.2 Å². The molecule has 0 amide bonds. The van der Waals surface area contributed by atoms with Gasteiger partial charge in [0.05, 0.1) is 31.2 Å². The van der Waals surface area contributed by atoms with Crippen LogP contribution < -0.4 is 19.8 Å². The van der Waals surface area contributed by atoms with E-state index in [0.29, 0.717) is 52.9 Å². The van der Waals surface area contributed by atoms with Crippen LogP contribution in [0.5, 0.6) is 23.3 Å². The molecule has 4 aromatic rings. The normalized spacial score (nSPS) is 12.5. The summed E-state index contributed by atoms with van der Waals surface area (Å²) in [5.41, 5.74) is 2.15. The number of ether oxygens (including phenoxy) is 3. The van der Waals surface area contributed by atoms with Gasteiger partial charge in [0.2, 0.25) is 0 Å². The molecule has 1 aliphatic heterocycles. The number of rotatable bonds is 6. The van der Waals surface area contributed by atoms with Crippen LogP contribution in [0.1, 0.15) is 6.42 Å². The Morgan fingerprint density at radius 2 is 1.73 bits per heavy atom. The first kappa shape index (κ1) is 20.7. The fraction of sp³-hybridized carbons (Fsp3) is 0.208. The molecule has 0 saturated carbocycles. The maximum absolute atomic E-state index is 13.5. The summed E-state index contributed by atoms with van der Waals surface area (Å²) < 4.78 is 33.6. The fourth-order valence-electron chi connectivity index (χ4n) is 4.03. The van der Waals surface area contributed by atoms with Crippen molar-refractivity contribution < 1.29 is 18.6 Å². The lowest BCUT2D eigenvalue weighted by atomic mass is 10.0. The van der Waals surface area contributed by atoms with Crippen LogP contribution in [-0.2, 0) is 13.1 Å². The van der Waals surface area contributed by atoms with Crippen LogP contribution in [0.3, 0.4) is 0 Å². The van der Waals surface area contributed by atoms with Crippen LogP contribution in [0.2, 0.25) is 0 Å². The third-order valence-corrected chi connectivity index (χ3v) is 5.56. The zero-order valence-electron chi connectivity index (χ0n) is 18.1. The van der Waals surface area contributed by atoms with Gasteiger partial charge in [-0.3, -0.25) is 9.48 Å². The summed E-state index contributed by atoms with van der Waals surface area (Å²) in [4.78, 5) is 22.0. The molecule has 0 saturated heterocycles. The Morgan fingerprint density at radius 1 is 0.939 bits per heavy atom. The number of hydrogen-bond donors (Lipinski definition) is 0. The van der Waals surface area contributed by atoms with E-state index in [1.165, 1.54) is 19.2 Å². The lowest BCUT2D eigenvalue weighted by Crippen LogP contribution is -2.17. The Hall–Kier alpha value is -4.14. The van der Waals surface area contributed by atoms with Gasteiger partial charge in [-0.2, -0.15) is 4.98 Å². The van der Waals surface area contributed by atoms with E-state index in [1.54, 1.807) is 54.4 Å². The van der Waals surface area contributed by atoms with Gasteiger partial charge in [0.1, 0.15) is 11.6 Å². The Balaban J connectivity index is 1.59. The van der Waals surface area contributed by atoms with Crippen LogP contribution in [0.15, 0.2) is 59.5 Å². The molecule has 0 unspecified atom stereocenters. The molecule has 8 nitrogen and oxygen atoms in total. The second-order valence-corrected chi connectivity index (χ2v) is 7.48. The van der Waals surface area contributed by atoms with E-state index in [9.17, 15) is 9.18 Å². The van der Waals surface area contributed by atoms with E-state index in [-0.39, 0.29) is 17.4 Å². The van der Waals surface area contributed by atoms with Crippen molar-refractivity contribution >= 4 is 0 Å². The van der Waals surface area contributed by atoms with Crippen molar-refractivity contribution in [3.8, 4) is 45.8 Å². The summed E-state index contributed by atoms with van der Waals surface area (Å²) in [6.45, 7) is 1.29. The summed E-state index contributed by atoms with van der Waals surface area (Å²) in [6.07, 6.45) is 2.43. The zero-order valence-corrected chi connectivity index (χ0v) is 18.1. The molecule has 2 aromatic heterocycles. The monoisotopic (exact) mass is 448 g/mol. The number of aromatic nitrogens is 4. The highest BCUT2D eigenvalue weighted by molar-refractivity contribution is 5.79. The molecule has 0 spiro atoms. The Bertz CT molecular complexity index is 1380. The van der Waals surface area contributed by atoms with Crippen molar-refractivity contribution in [3.63, 3.8) is 0 Å². The second-order valence-electron chi connectivity index (χ2n) is 7.48. The molecule has 0 N–H and O–H groups in total. The summed E-state index contributed by atoms with van der Waals surface area (Å²) >= 11 is 0. The fourth-order valence-corrected chi connectivity index (χ4v) is 4.03. The van der Waals surface area contributed by atoms with E-state index in [0.717, 1.165) is 6.42 Å². The molecule has 9 heteroatoms. The van der Waals surface area contributed by atoms with Crippen LogP contribution in [0.25, 0.3) is 22.5 Å². The van der Waals surface area contributed by atoms with Gasteiger partial charge in [-0.15, -0.1) is 0 Å². The molecule has 0 bridgehead atoms. The third kappa shape index (κ3) is 3.71. The second kappa shape index (κ2) is 8.42. The van der Waals surface area contributed by atoms with Gasteiger partial charge >= 0.3 is 6.01 Å². The molecule has 1 aliphatic rings. The van der Waals surface area contributed by atoms with Gasteiger partial charge in [0.25, 0.3) is 5.56 Å². The van der Waals surface area contributed by atoms with Crippen molar-refractivity contribution in [2.75, 3.05) is 14.2 Å². The molecule has 2 aromatic carbocycles. The lowest BCUT2D eigenvalue weighted by molar-refractivity contribution is 0.360. The highest BCUT2D eigenvalue weighted by Crippen LogP contribution is 2.35. The minimum atomic E-state index is -0.363. The van der Waals surface area contributed by atoms with E-state index >= 15 is 0 Å². The van der Waals surface area contributed by atoms with Crippen LogP contribution in [-0.4, -0.2) is 33.6 Å². The average Bonchev–Trinajstić information content (AvgIpc) is 3.42. The lowest BCUT2D eigenvalue weighted by Gasteiger charge is -2.12. The Morgan fingerprint density at radius 3 is 2.48 bits per heavy atom. The summed E-state index contributed by atoms with van der Waals surface area (Å²) in [5.74, 6) is 1.16. The molecule has 3 heterocycles. The van der Waals surface area contributed by atoms with Gasteiger partial charge in [-0.1, -0.05) is 12.1 Å². The van der Waals surface area contributed by atoms with E-state index < -0.39 is 0 Å². The number of benzene rings is 2. The Kier molecular flexibility index (Phi) is 5.29. The average molecular weight is 448 g/mol. The predicted molar refractivity (Wildman–Crippen MR) is 119 cm³/mol. The zero-order chi connectivity index (χ0) is 22.9. The van der Waals surface area contributed by atoms with E-state index in [2.05, 4.69) is 9.97 Å². The minimum absolute atomic E-state index is 0.104. The summed E-state index contributed by atoms with van der Waals surface area (Å²) in [7, 11) is 3.10. The first-order valence-electron chi connectivity index (χ1n) is 10.4. The molecule has 0 fully saturated rings. The molecule has 0 radical (unpaired) electrons. The first-order chi connectivity index (χ1) is 16.1. The topological polar surface area (TPSA) is 80.4 Å². The minimum Gasteiger partial charge on any atom is -0.497 e. The number of halogens is 1. The van der Waals surface area contributed by atoms with Crippen molar-refractivity contribution in [2.24, 2.45) is 0 Å². The molecule has 0 atom stereocenters. The van der Waals surface area contributed by atoms with Crippen LogP contribution in [0, 0.1) is 5.82 Å².